The number of hydrogen-bond donors (Lipinski definition) is 0. The maximum Gasteiger partial charge on any atom is 0.0591 e. The molecule has 3 nitrogen and oxygen atoms in total. The minimum Gasteiger partial charge on any atom is -0.310 e. The number of hydrogen-bond acceptors (Lipinski definition) is 2. The Labute approximate surface area is 354 Å². The van der Waals surface area contributed by atoms with Crippen molar-refractivity contribution in [3.8, 4) is 16.8 Å². The van der Waals surface area contributed by atoms with Crippen LogP contribution in [-0.2, 0) is 5.41 Å². The summed E-state index contributed by atoms with van der Waals surface area (Å²) in [7, 11) is 0. The number of benzene rings is 10. The molecule has 13 rings (SSSR count). The van der Waals surface area contributed by atoms with Gasteiger partial charge in [-0.25, -0.2) is 0 Å². The van der Waals surface area contributed by atoms with Crippen LogP contribution in [-0.4, -0.2) is 4.57 Å². The summed E-state index contributed by atoms with van der Waals surface area (Å²) in [4.78, 5) is 5.02. The first-order valence-corrected chi connectivity index (χ1v) is 21.2. The molecule has 0 spiro atoms. The van der Waals surface area contributed by atoms with Gasteiger partial charge in [-0.15, -0.1) is 0 Å². The molecule has 286 valence electrons. The number of rotatable bonds is 5. The van der Waals surface area contributed by atoms with Gasteiger partial charge in [-0.05, 0) is 124 Å². The Kier molecular flexibility index (Phi) is 7.15. The molecule has 61 heavy (non-hydrogen) atoms. The molecule has 0 bridgehead atoms. The van der Waals surface area contributed by atoms with Gasteiger partial charge in [0.15, 0.2) is 0 Å². The van der Waals surface area contributed by atoms with Crippen LogP contribution in [0.1, 0.15) is 23.6 Å². The number of fused-ring (bicyclic) bond motifs is 11. The second-order valence-electron chi connectivity index (χ2n) is 16.6. The molecule has 0 fully saturated rings. The van der Waals surface area contributed by atoms with E-state index < -0.39 is 5.41 Å². The first kappa shape index (κ1) is 34.0. The topological polar surface area (TPSA) is 11.4 Å². The van der Waals surface area contributed by atoms with Crippen molar-refractivity contribution in [1.82, 2.24) is 4.57 Å². The van der Waals surface area contributed by atoms with Crippen LogP contribution in [0.4, 0.5) is 34.1 Å². The lowest BCUT2D eigenvalue weighted by molar-refractivity contribution is 0.704. The van der Waals surface area contributed by atoms with Gasteiger partial charge in [0, 0.05) is 49.7 Å². The second kappa shape index (κ2) is 12.8. The van der Waals surface area contributed by atoms with Crippen LogP contribution in [0.15, 0.2) is 218 Å². The van der Waals surface area contributed by atoms with Gasteiger partial charge in [-0.3, -0.25) is 0 Å². The third kappa shape index (κ3) is 4.74. The van der Waals surface area contributed by atoms with Crippen molar-refractivity contribution in [2.24, 2.45) is 0 Å². The second-order valence-corrected chi connectivity index (χ2v) is 16.6. The Morgan fingerprint density at radius 2 is 1.08 bits per heavy atom. The van der Waals surface area contributed by atoms with E-state index in [-0.39, 0.29) is 0 Å². The Morgan fingerprint density at radius 3 is 1.90 bits per heavy atom. The molecule has 0 saturated carbocycles. The van der Waals surface area contributed by atoms with Gasteiger partial charge in [0.1, 0.15) is 0 Å². The number of para-hydroxylation sites is 4. The molecule has 11 aromatic rings. The van der Waals surface area contributed by atoms with Crippen molar-refractivity contribution >= 4 is 77.5 Å². The van der Waals surface area contributed by atoms with Crippen LogP contribution in [0, 0.1) is 0 Å². The monoisotopic (exact) mass is 777 g/mol. The predicted octanol–water partition coefficient (Wildman–Crippen LogP) is 15.7. The molecule has 2 heterocycles. The highest BCUT2D eigenvalue weighted by Crippen LogP contribution is 2.65. The Bertz CT molecular complexity index is 3550. The largest absolute Gasteiger partial charge is 0.310 e. The van der Waals surface area contributed by atoms with Gasteiger partial charge >= 0.3 is 0 Å². The van der Waals surface area contributed by atoms with Crippen molar-refractivity contribution in [2.45, 2.75) is 12.3 Å². The number of nitrogens with zero attached hydrogens (tertiary/aromatic N) is 3. The Morgan fingerprint density at radius 1 is 0.410 bits per heavy atom. The smallest absolute Gasteiger partial charge is 0.0591 e. The van der Waals surface area contributed by atoms with E-state index in [2.05, 4.69) is 240 Å². The fourth-order valence-corrected chi connectivity index (χ4v) is 10.8. The molecular weight excluding hydrogens is 739 g/mol. The van der Waals surface area contributed by atoms with Crippen LogP contribution < -0.4 is 9.80 Å². The molecule has 2 aliphatic rings. The Balaban J connectivity index is 1.17. The molecule has 3 heteroatoms. The van der Waals surface area contributed by atoms with E-state index in [4.69, 9.17) is 0 Å². The zero-order valence-electron chi connectivity index (χ0n) is 33.6. The molecule has 1 aliphatic heterocycles. The summed E-state index contributed by atoms with van der Waals surface area (Å²) in [5.41, 5.74) is 16.7. The zero-order valence-corrected chi connectivity index (χ0v) is 33.6. The summed E-state index contributed by atoms with van der Waals surface area (Å²) < 4.78 is 2.45. The molecule has 1 unspecified atom stereocenters. The van der Waals surface area contributed by atoms with E-state index in [1.807, 2.05) is 0 Å². The molecule has 0 saturated heterocycles. The summed E-state index contributed by atoms with van der Waals surface area (Å²) in [5, 5.41) is 7.36. The highest BCUT2D eigenvalue weighted by molar-refractivity contribution is 6.17. The molecule has 10 aromatic carbocycles. The highest BCUT2D eigenvalue weighted by atomic mass is 15.2. The minimum atomic E-state index is -0.435. The molecule has 0 radical (unpaired) electrons. The quantitative estimate of drug-likeness (QED) is 0.172. The van der Waals surface area contributed by atoms with Crippen LogP contribution >= 0.6 is 0 Å². The number of aromatic nitrogens is 1. The normalized spacial score (nSPS) is 15.0. The van der Waals surface area contributed by atoms with Crippen LogP contribution in [0.25, 0.3) is 60.2 Å². The van der Waals surface area contributed by atoms with Gasteiger partial charge < -0.3 is 14.4 Å². The number of anilines is 6. The van der Waals surface area contributed by atoms with Gasteiger partial charge in [-0.2, -0.15) is 0 Å². The lowest BCUT2D eigenvalue weighted by atomic mass is 9.69. The van der Waals surface area contributed by atoms with Crippen molar-refractivity contribution in [3.05, 3.63) is 235 Å². The average Bonchev–Trinajstić information content (AvgIpc) is 3.79. The van der Waals surface area contributed by atoms with Crippen LogP contribution in [0.3, 0.4) is 0 Å². The van der Waals surface area contributed by atoms with Gasteiger partial charge in [0.2, 0.25) is 0 Å². The van der Waals surface area contributed by atoms with Crippen molar-refractivity contribution < 1.29 is 0 Å². The molecule has 1 aliphatic carbocycles. The Hall–Kier alpha value is -7.88. The van der Waals surface area contributed by atoms with Crippen molar-refractivity contribution in [2.75, 3.05) is 9.80 Å². The summed E-state index contributed by atoms with van der Waals surface area (Å²) in [6.45, 7) is 2.48. The van der Waals surface area contributed by atoms with E-state index in [9.17, 15) is 0 Å². The van der Waals surface area contributed by atoms with Gasteiger partial charge in [0.25, 0.3) is 0 Å². The maximum atomic E-state index is 2.57. The van der Waals surface area contributed by atoms with Crippen LogP contribution in [0.5, 0.6) is 0 Å². The maximum absolute atomic E-state index is 2.57. The highest BCUT2D eigenvalue weighted by Gasteiger charge is 2.49. The molecule has 1 atom stereocenters. The molecule has 0 N–H and O–H groups in total. The summed E-state index contributed by atoms with van der Waals surface area (Å²) in [6, 6.07) is 80.6. The van der Waals surface area contributed by atoms with E-state index in [1.165, 1.54) is 82.5 Å². The third-order valence-electron chi connectivity index (χ3n) is 13.5. The lowest BCUT2D eigenvalue weighted by Crippen LogP contribution is -2.32. The standard InChI is InChI=1S/C58H39N3/c1-58-50-29-15-13-26-44(50)49-35-47-46(28-17-31-53(47)59(40-20-5-2-6-21-40)43-33-32-38-18-11-12-19-39(38)34-43)57(56(49)58)61(42-24-9-4-10-25-42)55-36-48-45-27-14-16-30-52(45)60(54(48)37-51(55)58)41-22-7-3-8-23-41/h2-37H,1H3. The molecule has 1 aromatic heterocycles. The first-order chi connectivity index (χ1) is 30.2. The summed E-state index contributed by atoms with van der Waals surface area (Å²) in [5.74, 6) is 0. The van der Waals surface area contributed by atoms with E-state index in [0.717, 1.165) is 28.4 Å². The fraction of sp³-hybridized carbons (Fsp3) is 0.0345. The SMILES string of the molecule is CC12c3ccccc3-c3cc4c(N(c5ccccc5)c5ccc6ccccc6c5)cccc4c(c31)N(c1ccccc1)c1cc3c4ccccc4n(-c4ccccc4)c3cc12. The zero-order chi connectivity index (χ0) is 40.2. The molecule has 0 amide bonds. The average molecular weight is 778 g/mol. The first-order valence-electron chi connectivity index (χ1n) is 21.2. The van der Waals surface area contributed by atoms with E-state index in [0.29, 0.717) is 0 Å². The fourth-order valence-electron chi connectivity index (χ4n) is 10.8. The lowest BCUT2D eigenvalue weighted by Gasteiger charge is -2.43. The van der Waals surface area contributed by atoms with Crippen molar-refractivity contribution in [3.63, 3.8) is 0 Å². The summed E-state index contributed by atoms with van der Waals surface area (Å²) in [6.07, 6.45) is 0. The van der Waals surface area contributed by atoms with Crippen molar-refractivity contribution in [1.29, 1.82) is 0 Å². The van der Waals surface area contributed by atoms with Gasteiger partial charge in [0.05, 0.1) is 28.1 Å². The van der Waals surface area contributed by atoms with Gasteiger partial charge in [-0.1, -0.05) is 140 Å². The van der Waals surface area contributed by atoms with Crippen LogP contribution in [0.2, 0.25) is 0 Å². The van der Waals surface area contributed by atoms with E-state index >= 15 is 0 Å². The summed E-state index contributed by atoms with van der Waals surface area (Å²) >= 11 is 0. The predicted molar refractivity (Wildman–Crippen MR) is 256 cm³/mol. The third-order valence-corrected chi connectivity index (χ3v) is 13.5. The molecular formula is C58H39N3. The van der Waals surface area contributed by atoms with E-state index in [1.54, 1.807) is 0 Å². The minimum absolute atomic E-state index is 0.435.